The number of imide groups is 1. The zero-order chi connectivity index (χ0) is 19.3. The van der Waals surface area contributed by atoms with E-state index < -0.39 is 24.0 Å². The van der Waals surface area contributed by atoms with Crippen LogP contribution in [0.25, 0.3) is 0 Å². The van der Waals surface area contributed by atoms with Crippen molar-refractivity contribution in [1.29, 1.82) is 0 Å². The first-order valence-electron chi connectivity index (χ1n) is 8.34. The Kier molecular flexibility index (Phi) is 7.11. The topological polar surface area (TPSA) is 111 Å². The predicted molar refractivity (Wildman–Crippen MR) is 99.3 cm³/mol. The van der Waals surface area contributed by atoms with Gasteiger partial charge < -0.3 is 15.8 Å². The Morgan fingerprint density at radius 1 is 1.19 bits per heavy atom. The summed E-state index contributed by atoms with van der Waals surface area (Å²) in [4.78, 5) is 36.1. The van der Waals surface area contributed by atoms with Gasteiger partial charge in [-0.1, -0.05) is 42.5 Å². The third-order valence-corrected chi connectivity index (χ3v) is 4.68. The maximum absolute atomic E-state index is 12.2. The Balaban J connectivity index is 1.90. The number of carbonyl (C=O) groups excluding carboxylic acids is 3. The molecule has 142 valence electrons. The van der Waals surface area contributed by atoms with Crippen molar-refractivity contribution >= 4 is 46.8 Å². The number of rotatable bonds is 4. The first kappa shape index (κ1) is 20.3. The van der Waals surface area contributed by atoms with E-state index in [0.717, 1.165) is 32.1 Å². The number of carbonyl (C=O) groups is 3. The Bertz CT molecular complexity index is 705. The van der Waals surface area contributed by atoms with Gasteiger partial charge in [-0.25, -0.2) is 9.59 Å². The number of halogens is 2. The van der Waals surface area contributed by atoms with E-state index in [9.17, 15) is 14.4 Å². The van der Waals surface area contributed by atoms with E-state index in [4.69, 9.17) is 33.7 Å². The standard InChI is InChI=1S/C17H21Cl2N3O4/c1-9(15(23)22-17(25)21-11-5-3-2-4-6-11)26-16(24)12-7-10(18)8-13(19)14(12)20/h7-9,11H,2-6,20H2,1H3,(H2,21,22,23,25)/t9-/m1/s1. The fraction of sp³-hybridized carbons (Fsp3) is 0.471. The number of nitrogens with two attached hydrogens (primary N) is 1. The number of benzene rings is 1. The summed E-state index contributed by atoms with van der Waals surface area (Å²) < 4.78 is 5.05. The molecule has 0 heterocycles. The van der Waals surface area contributed by atoms with E-state index in [1.54, 1.807) is 0 Å². The summed E-state index contributed by atoms with van der Waals surface area (Å²) in [6.45, 7) is 1.35. The molecule has 7 nitrogen and oxygen atoms in total. The monoisotopic (exact) mass is 401 g/mol. The molecule has 1 fully saturated rings. The van der Waals surface area contributed by atoms with Crippen LogP contribution in [0.2, 0.25) is 10.0 Å². The van der Waals surface area contributed by atoms with Gasteiger partial charge in [0.1, 0.15) is 0 Å². The quantitative estimate of drug-likeness (QED) is 0.529. The van der Waals surface area contributed by atoms with E-state index in [2.05, 4.69) is 10.6 Å². The van der Waals surface area contributed by atoms with Crippen LogP contribution in [0.15, 0.2) is 12.1 Å². The molecule has 0 saturated heterocycles. The summed E-state index contributed by atoms with van der Waals surface area (Å²) in [5.74, 6) is -1.60. The van der Waals surface area contributed by atoms with E-state index >= 15 is 0 Å². The van der Waals surface area contributed by atoms with E-state index in [0.29, 0.717) is 0 Å². The Labute approximate surface area is 161 Å². The van der Waals surface area contributed by atoms with Crippen LogP contribution in [0, 0.1) is 0 Å². The smallest absolute Gasteiger partial charge is 0.341 e. The fourth-order valence-corrected chi connectivity index (χ4v) is 3.21. The number of anilines is 1. The highest BCUT2D eigenvalue weighted by Gasteiger charge is 2.24. The Morgan fingerprint density at radius 3 is 2.50 bits per heavy atom. The first-order valence-corrected chi connectivity index (χ1v) is 9.10. The van der Waals surface area contributed by atoms with Gasteiger partial charge >= 0.3 is 12.0 Å². The van der Waals surface area contributed by atoms with E-state index in [-0.39, 0.29) is 27.3 Å². The average molecular weight is 402 g/mol. The highest BCUT2D eigenvalue weighted by molar-refractivity contribution is 6.37. The lowest BCUT2D eigenvalue weighted by Crippen LogP contribution is -2.48. The minimum atomic E-state index is -1.20. The number of nitrogens with one attached hydrogen (secondary N) is 2. The van der Waals surface area contributed by atoms with Gasteiger partial charge in [0, 0.05) is 11.1 Å². The van der Waals surface area contributed by atoms with E-state index in [1.165, 1.54) is 19.1 Å². The van der Waals surface area contributed by atoms with Crippen molar-refractivity contribution in [2.75, 3.05) is 5.73 Å². The van der Waals surface area contributed by atoms with E-state index in [1.807, 2.05) is 0 Å². The van der Waals surface area contributed by atoms with Gasteiger partial charge in [0.05, 0.1) is 16.3 Å². The van der Waals surface area contributed by atoms with Crippen molar-refractivity contribution in [1.82, 2.24) is 10.6 Å². The normalized spacial score (nSPS) is 15.8. The van der Waals surface area contributed by atoms with Crippen LogP contribution in [0.1, 0.15) is 49.4 Å². The number of nitrogen functional groups attached to an aromatic ring is 1. The molecule has 4 N–H and O–H groups in total. The van der Waals surface area contributed by atoms with Gasteiger partial charge in [-0.2, -0.15) is 0 Å². The van der Waals surface area contributed by atoms with Crippen LogP contribution in [-0.4, -0.2) is 30.1 Å². The number of hydrogen-bond acceptors (Lipinski definition) is 5. The number of urea groups is 1. The van der Waals surface area contributed by atoms with Crippen LogP contribution >= 0.6 is 23.2 Å². The van der Waals surface area contributed by atoms with Gasteiger partial charge in [0.2, 0.25) is 0 Å². The molecular weight excluding hydrogens is 381 g/mol. The minimum Gasteiger partial charge on any atom is -0.449 e. The lowest BCUT2D eigenvalue weighted by Gasteiger charge is -2.23. The van der Waals surface area contributed by atoms with Crippen molar-refractivity contribution in [2.45, 2.75) is 51.2 Å². The second-order valence-corrected chi connectivity index (χ2v) is 7.04. The number of esters is 1. The molecule has 1 aromatic carbocycles. The second-order valence-electron chi connectivity index (χ2n) is 6.19. The molecule has 1 aromatic rings. The summed E-state index contributed by atoms with van der Waals surface area (Å²) in [6.07, 6.45) is 3.84. The van der Waals surface area contributed by atoms with Gasteiger partial charge in [-0.15, -0.1) is 0 Å². The summed E-state index contributed by atoms with van der Waals surface area (Å²) in [6, 6.07) is 2.14. The molecule has 1 aliphatic carbocycles. The molecule has 1 saturated carbocycles. The molecule has 26 heavy (non-hydrogen) atoms. The van der Waals surface area contributed by atoms with Gasteiger partial charge in [0.15, 0.2) is 6.10 Å². The third kappa shape index (κ3) is 5.51. The number of hydrogen-bond donors (Lipinski definition) is 3. The molecule has 0 unspecified atom stereocenters. The lowest BCUT2D eigenvalue weighted by atomic mass is 9.96. The zero-order valence-corrected chi connectivity index (χ0v) is 15.8. The van der Waals surface area contributed by atoms with Crippen molar-refractivity contribution in [2.24, 2.45) is 0 Å². The molecule has 9 heteroatoms. The fourth-order valence-electron chi connectivity index (χ4n) is 2.71. The summed E-state index contributed by atoms with van der Waals surface area (Å²) >= 11 is 11.7. The Morgan fingerprint density at radius 2 is 1.85 bits per heavy atom. The summed E-state index contributed by atoms with van der Waals surface area (Å²) in [5, 5.41) is 5.23. The summed E-state index contributed by atoms with van der Waals surface area (Å²) in [7, 11) is 0. The van der Waals surface area contributed by atoms with Crippen LogP contribution in [0.3, 0.4) is 0 Å². The van der Waals surface area contributed by atoms with Gasteiger partial charge in [0.25, 0.3) is 5.91 Å². The molecule has 0 aromatic heterocycles. The highest BCUT2D eigenvalue weighted by Crippen LogP contribution is 2.28. The number of ether oxygens (including phenoxy) is 1. The molecule has 2 rings (SSSR count). The van der Waals surface area contributed by atoms with Crippen molar-refractivity contribution < 1.29 is 19.1 Å². The molecular formula is C17H21Cl2N3O4. The maximum Gasteiger partial charge on any atom is 0.341 e. The minimum absolute atomic E-state index is 0.00344. The Hall–Kier alpha value is -1.99. The summed E-state index contributed by atoms with van der Waals surface area (Å²) in [5.41, 5.74) is 5.69. The zero-order valence-electron chi connectivity index (χ0n) is 14.3. The molecule has 1 atom stereocenters. The molecule has 1 aliphatic rings. The van der Waals surface area contributed by atoms with Gasteiger partial charge in [-0.05, 0) is 31.9 Å². The van der Waals surface area contributed by atoms with Crippen LogP contribution in [-0.2, 0) is 9.53 Å². The first-order chi connectivity index (χ1) is 12.3. The van der Waals surface area contributed by atoms with Crippen molar-refractivity contribution in [3.05, 3.63) is 27.7 Å². The highest BCUT2D eigenvalue weighted by atomic mass is 35.5. The largest absolute Gasteiger partial charge is 0.449 e. The average Bonchev–Trinajstić information content (AvgIpc) is 2.58. The van der Waals surface area contributed by atoms with Crippen LogP contribution in [0.4, 0.5) is 10.5 Å². The second kappa shape index (κ2) is 9.09. The molecule has 0 aliphatic heterocycles. The van der Waals surface area contributed by atoms with Crippen LogP contribution in [0.5, 0.6) is 0 Å². The van der Waals surface area contributed by atoms with Crippen molar-refractivity contribution in [3.63, 3.8) is 0 Å². The van der Waals surface area contributed by atoms with Crippen LogP contribution < -0.4 is 16.4 Å². The molecule has 0 bridgehead atoms. The predicted octanol–water partition coefficient (Wildman–Crippen LogP) is 3.28. The maximum atomic E-state index is 12.2. The molecule has 0 radical (unpaired) electrons. The molecule has 3 amide bonds. The SMILES string of the molecule is C[C@@H](OC(=O)c1cc(Cl)cc(Cl)c1N)C(=O)NC(=O)NC1CCCCC1. The molecule has 0 spiro atoms. The van der Waals surface area contributed by atoms with Crippen molar-refractivity contribution in [3.8, 4) is 0 Å². The third-order valence-electron chi connectivity index (χ3n) is 4.14. The lowest BCUT2D eigenvalue weighted by molar-refractivity contribution is -0.127. The number of amides is 3. The van der Waals surface area contributed by atoms with Gasteiger partial charge in [-0.3, -0.25) is 10.1 Å².